The predicted octanol–water partition coefficient (Wildman–Crippen LogP) is -0.480. The molecule has 1 fully saturated rings. The highest BCUT2D eigenvalue weighted by atomic mass is 16.5. The van der Waals surface area contributed by atoms with E-state index in [1.54, 1.807) is 13.8 Å². The van der Waals surface area contributed by atoms with Gasteiger partial charge in [0.05, 0.1) is 12.7 Å². The third-order valence-electron chi connectivity index (χ3n) is 2.60. The Morgan fingerprint density at radius 2 is 2.08 bits per heavy atom. The van der Waals surface area contributed by atoms with Crippen molar-refractivity contribution in [3.8, 4) is 0 Å². The fourth-order valence-electron chi connectivity index (χ4n) is 1.40. The fourth-order valence-corrected chi connectivity index (χ4v) is 1.40. The summed E-state index contributed by atoms with van der Waals surface area (Å²) in [6.07, 6.45) is 0. The van der Waals surface area contributed by atoms with Crippen LogP contribution >= 0.6 is 0 Å². The molecule has 1 saturated heterocycles. The van der Waals surface area contributed by atoms with Crippen LogP contribution in [0.2, 0.25) is 0 Å². The number of hydrogen-bond donors (Lipinski definition) is 2. The summed E-state index contributed by atoms with van der Waals surface area (Å²) in [6, 6.07) is 0. The minimum Gasteiger partial charge on any atom is -0.468 e. The first-order valence-electron chi connectivity index (χ1n) is 3.95. The number of nitrogens with one attached hydrogen (secondary N) is 1. The Labute approximate surface area is 71.9 Å². The van der Waals surface area contributed by atoms with Crippen molar-refractivity contribution in [2.45, 2.75) is 19.4 Å². The van der Waals surface area contributed by atoms with Gasteiger partial charge in [-0.05, 0) is 13.8 Å². The zero-order valence-electron chi connectivity index (χ0n) is 7.68. The van der Waals surface area contributed by atoms with Gasteiger partial charge >= 0.3 is 5.97 Å². The van der Waals surface area contributed by atoms with Crippen LogP contribution in [0.4, 0.5) is 0 Å². The molecule has 0 atom stereocenters. The number of hydrogen-bond acceptors (Lipinski definition) is 4. The van der Waals surface area contributed by atoms with E-state index in [0.29, 0.717) is 13.1 Å². The van der Waals surface area contributed by atoms with Crippen LogP contribution < -0.4 is 5.32 Å². The number of carbonyl (C=O) groups is 1. The van der Waals surface area contributed by atoms with E-state index in [4.69, 9.17) is 0 Å². The van der Waals surface area contributed by atoms with Gasteiger partial charge in [-0.1, -0.05) is 0 Å². The molecule has 4 nitrogen and oxygen atoms in total. The Kier molecular flexibility index (Phi) is 2.14. The molecule has 0 aromatic rings. The molecule has 4 heteroatoms. The van der Waals surface area contributed by atoms with Gasteiger partial charge in [-0.3, -0.25) is 4.79 Å². The average molecular weight is 173 g/mol. The largest absolute Gasteiger partial charge is 0.468 e. The lowest BCUT2D eigenvalue weighted by Gasteiger charge is -2.47. The third kappa shape index (κ3) is 1.11. The Balaban J connectivity index is 2.83. The van der Waals surface area contributed by atoms with Gasteiger partial charge in [0.15, 0.2) is 0 Å². The molecule has 0 bridgehead atoms. The van der Waals surface area contributed by atoms with Crippen LogP contribution in [0.1, 0.15) is 13.8 Å². The maximum absolute atomic E-state index is 11.3. The first-order valence-corrected chi connectivity index (χ1v) is 3.95. The lowest BCUT2D eigenvalue weighted by atomic mass is 9.69. The molecule has 2 N–H and O–H groups in total. The van der Waals surface area contributed by atoms with Crippen molar-refractivity contribution >= 4 is 5.97 Å². The summed E-state index contributed by atoms with van der Waals surface area (Å²) in [6.45, 7) is 4.24. The van der Waals surface area contributed by atoms with Crippen molar-refractivity contribution < 1.29 is 14.6 Å². The molecule has 1 aliphatic heterocycles. The van der Waals surface area contributed by atoms with E-state index < -0.39 is 11.0 Å². The third-order valence-corrected chi connectivity index (χ3v) is 2.60. The molecule has 70 valence electrons. The minimum atomic E-state index is -1.02. The molecule has 0 aromatic carbocycles. The van der Waals surface area contributed by atoms with Gasteiger partial charge in [-0.25, -0.2) is 0 Å². The van der Waals surface area contributed by atoms with Crippen LogP contribution in [0.5, 0.6) is 0 Å². The maximum atomic E-state index is 11.3. The van der Waals surface area contributed by atoms with Crippen LogP contribution in [-0.4, -0.2) is 36.9 Å². The Bertz CT molecular complexity index is 191. The summed E-state index contributed by atoms with van der Waals surface area (Å²) >= 11 is 0. The van der Waals surface area contributed by atoms with E-state index in [2.05, 4.69) is 10.1 Å². The van der Waals surface area contributed by atoms with E-state index in [1.165, 1.54) is 7.11 Å². The number of aliphatic hydroxyl groups is 1. The average Bonchev–Trinajstić information content (AvgIpc) is 1.81. The van der Waals surface area contributed by atoms with Crippen molar-refractivity contribution in [3.05, 3.63) is 0 Å². The van der Waals surface area contributed by atoms with E-state index >= 15 is 0 Å². The first kappa shape index (κ1) is 9.48. The van der Waals surface area contributed by atoms with Crippen LogP contribution in [0, 0.1) is 5.41 Å². The lowest BCUT2D eigenvalue weighted by molar-refractivity contribution is -0.176. The monoisotopic (exact) mass is 173 g/mol. The van der Waals surface area contributed by atoms with Crippen LogP contribution in [-0.2, 0) is 9.53 Å². The molecular weight excluding hydrogens is 158 g/mol. The molecule has 1 aliphatic rings. The Morgan fingerprint density at radius 1 is 1.58 bits per heavy atom. The van der Waals surface area contributed by atoms with Gasteiger partial charge in [0.1, 0.15) is 5.41 Å². The quantitative estimate of drug-likeness (QED) is 0.554. The second kappa shape index (κ2) is 2.71. The molecule has 0 spiro atoms. The summed E-state index contributed by atoms with van der Waals surface area (Å²) in [5.74, 6) is -0.339. The number of carbonyl (C=O) groups excluding carboxylic acids is 1. The van der Waals surface area contributed by atoms with Crippen LogP contribution in [0.3, 0.4) is 0 Å². The van der Waals surface area contributed by atoms with Gasteiger partial charge in [-0.15, -0.1) is 0 Å². The van der Waals surface area contributed by atoms with E-state index in [9.17, 15) is 9.90 Å². The predicted molar refractivity (Wildman–Crippen MR) is 43.6 cm³/mol. The van der Waals surface area contributed by atoms with Crippen LogP contribution in [0.15, 0.2) is 0 Å². The van der Waals surface area contributed by atoms with Crippen molar-refractivity contribution in [3.63, 3.8) is 0 Å². The first-order chi connectivity index (χ1) is 5.44. The normalized spacial score (nSPS) is 21.3. The van der Waals surface area contributed by atoms with E-state index in [1.807, 2.05) is 0 Å². The number of rotatable bonds is 2. The summed E-state index contributed by atoms with van der Waals surface area (Å²) < 4.78 is 4.65. The molecule has 0 unspecified atom stereocenters. The second-order valence-electron chi connectivity index (χ2n) is 3.74. The Morgan fingerprint density at radius 3 is 2.17 bits per heavy atom. The van der Waals surface area contributed by atoms with Crippen LogP contribution in [0.25, 0.3) is 0 Å². The van der Waals surface area contributed by atoms with Gasteiger partial charge < -0.3 is 15.2 Å². The molecule has 0 radical (unpaired) electrons. The van der Waals surface area contributed by atoms with Crippen molar-refractivity contribution in [2.75, 3.05) is 20.2 Å². The Hall–Kier alpha value is -0.610. The lowest BCUT2D eigenvalue weighted by Crippen LogP contribution is -2.68. The van der Waals surface area contributed by atoms with Crippen molar-refractivity contribution in [2.24, 2.45) is 5.41 Å². The van der Waals surface area contributed by atoms with E-state index in [0.717, 1.165) is 0 Å². The molecule has 0 aromatic heterocycles. The summed E-state index contributed by atoms with van der Waals surface area (Å²) in [5.41, 5.74) is -1.77. The van der Waals surface area contributed by atoms with E-state index in [-0.39, 0.29) is 5.97 Å². The van der Waals surface area contributed by atoms with Gasteiger partial charge in [-0.2, -0.15) is 0 Å². The fraction of sp³-hybridized carbons (Fsp3) is 0.875. The van der Waals surface area contributed by atoms with Gasteiger partial charge in [0.2, 0.25) is 0 Å². The maximum Gasteiger partial charge on any atom is 0.317 e. The number of esters is 1. The zero-order chi connectivity index (χ0) is 9.41. The molecule has 0 amide bonds. The second-order valence-corrected chi connectivity index (χ2v) is 3.74. The van der Waals surface area contributed by atoms with Gasteiger partial charge in [0.25, 0.3) is 0 Å². The highest BCUT2D eigenvalue weighted by Gasteiger charge is 2.55. The molecule has 12 heavy (non-hydrogen) atoms. The van der Waals surface area contributed by atoms with Gasteiger partial charge in [0, 0.05) is 13.1 Å². The van der Waals surface area contributed by atoms with Crippen molar-refractivity contribution in [1.82, 2.24) is 5.32 Å². The highest BCUT2D eigenvalue weighted by molar-refractivity contribution is 5.80. The molecular formula is C8H15NO3. The highest BCUT2D eigenvalue weighted by Crippen LogP contribution is 2.36. The SMILES string of the molecule is COC(=O)C1(C(C)(C)O)CNC1. The molecule has 1 rings (SSSR count). The molecule has 0 aliphatic carbocycles. The summed E-state index contributed by atoms with van der Waals surface area (Å²) in [5, 5.41) is 12.7. The topological polar surface area (TPSA) is 58.6 Å². The molecule has 0 saturated carbocycles. The zero-order valence-corrected chi connectivity index (χ0v) is 7.68. The van der Waals surface area contributed by atoms with Crippen molar-refractivity contribution in [1.29, 1.82) is 0 Å². The summed E-state index contributed by atoms with van der Waals surface area (Å²) in [7, 11) is 1.34. The number of ether oxygens (including phenoxy) is 1. The summed E-state index contributed by atoms with van der Waals surface area (Å²) in [4.78, 5) is 11.3. The minimum absolute atomic E-state index is 0.339. The smallest absolute Gasteiger partial charge is 0.317 e. The number of methoxy groups -OCH3 is 1. The standard InChI is InChI=1S/C8H15NO3/c1-7(2,11)8(4-9-5-8)6(10)12-3/h9,11H,4-5H2,1-3H3. The molecule has 1 heterocycles.